The molecule has 1 atom stereocenters. The van der Waals surface area contributed by atoms with Crippen LogP contribution in [0.4, 0.5) is 0 Å². The fourth-order valence-electron chi connectivity index (χ4n) is 3.36. The minimum Gasteiger partial charge on any atom is -0.497 e. The number of benzene rings is 3. The molecule has 0 aliphatic rings. The fraction of sp³-hybridized carbons (Fsp3) is 0.167. The van der Waals surface area contributed by atoms with Crippen LogP contribution in [0.2, 0.25) is 0 Å². The molecule has 154 valence electrons. The van der Waals surface area contributed by atoms with E-state index in [2.05, 4.69) is 0 Å². The first kappa shape index (κ1) is 20.9. The van der Waals surface area contributed by atoms with Gasteiger partial charge in [0.1, 0.15) is 17.5 Å². The van der Waals surface area contributed by atoms with Crippen molar-refractivity contribution in [3.05, 3.63) is 95.6 Å². The lowest BCUT2D eigenvalue weighted by Crippen LogP contribution is -2.41. The number of nitrogens with two attached hydrogens (primary N) is 1. The summed E-state index contributed by atoms with van der Waals surface area (Å²) in [7, 11) is 3.08. The first-order chi connectivity index (χ1) is 14.5. The van der Waals surface area contributed by atoms with Crippen LogP contribution < -0.4 is 15.2 Å². The van der Waals surface area contributed by atoms with Gasteiger partial charge in [0, 0.05) is 6.54 Å². The summed E-state index contributed by atoms with van der Waals surface area (Å²) in [5, 5.41) is 0. The summed E-state index contributed by atoms with van der Waals surface area (Å²) in [6, 6.07) is 22.3. The average molecular weight is 404 g/mol. The Morgan fingerprint density at radius 1 is 0.900 bits per heavy atom. The van der Waals surface area contributed by atoms with Gasteiger partial charge in [-0.05, 0) is 35.4 Å². The van der Waals surface area contributed by atoms with Gasteiger partial charge in [-0.2, -0.15) is 0 Å². The molecule has 0 spiro atoms. The smallest absolute Gasteiger partial charge is 0.258 e. The molecule has 0 aliphatic carbocycles. The van der Waals surface area contributed by atoms with E-state index >= 15 is 0 Å². The molecule has 3 rings (SSSR count). The third-order valence-electron chi connectivity index (χ3n) is 4.78. The standard InChI is InChI=1S/C24H24N2O4/c1-29-19-12-8-9-17(15-19)16-26(22(23(25)27)18-10-4-3-5-11-18)24(28)20-13-6-7-14-21(20)30-2/h3-15,22H,16H2,1-2H3,(H2,25,27)/t22-/m1/s1. The maximum absolute atomic E-state index is 13.6. The van der Waals surface area contributed by atoms with E-state index in [1.54, 1.807) is 43.5 Å². The number of para-hydroxylation sites is 1. The van der Waals surface area contributed by atoms with Gasteiger partial charge in [-0.25, -0.2) is 0 Å². The molecule has 0 saturated carbocycles. The number of hydrogen-bond acceptors (Lipinski definition) is 4. The number of carbonyl (C=O) groups is 2. The van der Waals surface area contributed by atoms with Crippen LogP contribution in [0, 0.1) is 0 Å². The Bertz CT molecular complexity index is 1020. The number of ether oxygens (including phenoxy) is 2. The monoisotopic (exact) mass is 404 g/mol. The van der Waals surface area contributed by atoms with Crippen LogP contribution in [-0.2, 0) is 11.3 Å². The van der Waals surface area contributed by atoms with E-state index < -0.39 is 11.9 Å². The average Bonchev–Trinajstić information content (AvgIpc) is 2.78. The molecule has 0 saturated heterocycles. The summed E-state index contributed by atoms with van der Waals surface area (Å²) in [6.45, 7) is 0.163. The van der Waals surface area contributed by atoms with Gasteiger partial charge in [0.15, 0.2) is 0 Å². The summed E-state index contributed by atoms with van der Waals surface area (Å²) >= 11 is 0. The normalized spacial score (nSPS) is 11.4. The van der Waals surface area contributed by atoms with E-state index in [4.69, 9.17) is 15.2 Å². The second kappa shape index (κ2) is 9.60. The Morgan fingerprint density at radius 2 is 1.60 bits per heavy atom. The number of nitrogens with zero attached hydrogens (tertiary/aromatic N) is 1. The first-order valence-electron chi connectivity index (χ1n) is 9.46. The van der Waals surface area contributed by atoms with E-state index in [1.165, 1.54) is 12.0 Å². The van der Waals surface area contributed by atoms with Gasteiger partial charge in [-0.15, -0.1) is 0 Å². The lowest BCUT2D eigenvalue weighted by molar-refractivity contribution is -0.122. The van der Waals surface area contributed by atoms with Crippen molar-refractivity contribution in [1.82, 2.24) is 4.90 Å². The van der Waals surface area contributed by atoms with Crippen molar-refractivity contribution in [2.24, 2.45) is 5.73 Å². The fourth-order valence-corrected chi connectivity index (χ4v) is 3.36. The molecule has 0 aliphatic heterocycles. The summed E-state index contributed by atoms with van der Waals surface area (Å²) < 4.78 is 10.7. The van der Waals surface area contributed by atoms with Crippen LogP contribution in [0.25, 0.3) is 0 Å². The van der Waals surface area contributed by atoms with Crippen LogP contribution >= 0.6 is 0 Å². The molecule has 2 N–H and O–H groups in total. The van der Waals surface area contributed by atoms with Gasteiger partial charge in [0.25, 0.3) is 5.91 Å². The highest BCUT2D eigenvalue weighted by Gasteiger charge is 2.32. The van der Waals surface area contributed by atoms with E-state index in [0.29, 0.717) is 22.6 Å². The zero-order valence-electron chi connectivity index (χ0n) is 16.9. The number of primary amides is 1. The van der Waals surface area contributed by atoms with Gasteiger partial charge in [0.2, 0.25) is 5.91 Å². The highest BCUT2D eigenvalue weighted by Crippen LogP contribution is 2.29. The lowest BCUT2D eigenvalue weighted by Gasteiger charge is -2.31. The van der Waals surface area contributed by atoms with Crippen LogP contribution in [0.1, 0.15) is 27.5 Å². The number of rotatable bonds is 8. The molecule has 0 heterocycles. The van der Waals surface area contributed by atoms with Crippen molar-refractivity contribution >= 4 is 11.8 Å². The zero-order valence-corrected chi connectivity index (χ0v) is 16.9. The third-order valence-corrected chi connectivity index (χ3v) is 4.78. The molecule has 0 fully saturated rings. The number of carbonyl (C=O) groups excluding carboxylic acids is 2. The molecular weight excluding hydrogens is 380 g/mol. The summed E-state index contributed by atoms with van der Waals surface area (Å²) in [5.74, 6) is 0.109. The molecular formula is C24H24N2O4. The quantitative estimate of drug-likeness (QED) is 0.622. The van der Waals surface area contributed by atoms with Crippen LogP contribution in [0.5, 0.6) is 11.5 Å². The van der Waals surface area contributed by atoms with Crippen molar-refractivity contribution in [1.29, 1.82) is 0 Å². The molecule has 2 amide bonds. The molecule has 3 aromatic carbocycles. The minimum absolute atomic E-state index is 0.163. The van der Waals surface area contributed by atoms with Crippen molar-refractivity contribution in [3.8, 4) is 11.5 Å². The van der Waals surface area contributed by atoms with Crippen LogP contribution in [-0.4, -0.2) is 30.9 Å². The molecule has 0 radical (unpaired) electrons. The van der Waals surface area contributed by atoms with Crippen LogP contribution in [0.3, 0.4) is 0 Å². The number of hydrogen-bond donors (Lipinski definition) is 1. The SMILES string of the molecule is COc1cccc(CN(C(=O)c2ccccc2OC)[C@@H](C(N)=O)c2ccccc2)c1. The maximum Gasteiger partial charge on any atom is 0.258 e. The van der Waals surface area contributed by atoms with Gasteiger partial charge in [-0.1, -0.05) is 54.6 Å². The zero-order chi connectivity index (χ0) is 21.5. The van der Waals surface area contributed by atoms with Gasteiger partial charge in [0.05, 0.1) is 19.8 Å². The highest BCUT2D eigenvalue weighted by atomic mass is 16.5. The Hall–Kier alpha value is -3.80. The predicted octanol–water partition coefficient (Wildman–Crippen LogP) is 3.57. The highest BCUT2D eigenvalue weighted by molar-refractivity contribution is 5.99. The predicted molar refractivity (Wildman–Crippen MR) is 114 cm³/mol. The van der Waals surface area contributed by atoms with E-state index in [9.17, 15) is 9.59 Å². The molecule has 30 heavy (non-hydrogen) atoms. The van der Waals surface area contributed by atoms with Crippen molar-refractivity contribution in [2.75, 3.05) is 14.2 Å². The third kappa shape index (κ3) is 4.60. The van der Waals surface area contributed by atoms with E-state index in [0.717, 1.165) is 5.56 Å². The lowest BCUT2D eigenvalue weighted by atomic mass is 10.0. The van der Waals surface area contributed by atoms with Crippen molar-refractivity contribution in [2.45, 2.75) is 12.6 Å². The molecule has 3 aromatic rings. The van der Waals surface area contributed by atoms with Gasteiger partial charge in [-0.3, -0.25) is 9.59 Å². The van der Waals surface area contributed by atoms with E-state index in [-0.39, 0.29) is 12.5 Å². The second-order valence-corrected chi connectivity index (χ2v) is 6.70. The second-order valence-electron chi connectivity index (χ2n) is 6.70. The molecule has 0 aromatic heterocycles. The number of amides is 2. The summed E-state index contributed by atoms with van der Waals surface area (Å²) in [4.78, 5) is 27.6. The molecule has 0 unspecified atom stereocenters. The Morgan fingerprint density at radius 3 is 2.27 bits per heavy atom. The topological polar surface area (TPSA) is 81.9 Å². The van der Waals surface area contributed by atoms with Gasteiger partial charge < -0.3 is 20.1 Å². The van der Waals surface area contributed by atoms with Gasteiger partial charge >= 0.3 is 0 Å². The van der Waals surface area contributed by atoms with Crippen molar-refractivity contribution in [3.63, 3.8) is 0 Å². The van der Waals surface area contributed by atoms with E-state index in [1.807, 2.05) is 42.5 Å². The number of methoxy groups -OCH3 is 2. The molecule has 6 heteroatoms. The Kier molecular flexibility index (Phi) is 6.70. The molecule has 6 nitrogen and oxygen atoms in total. The van der Waals surface area contributed by atoms with Crippen molar-refractivity contribution < 1.29 is 19.1 Å². The summed E-state index contributed by atoms with van der Waals surface area (Å²) in [6.07, 6.45) is 0. The first-order valence-corrected chi connectivity index (χ1v) is 9.46. The molecule has 0 bridgehead atoms. The summed E-state index contributed by atoms with van der Waals surface area (Å²) in [5.41, 5.74) is 7.57. The Balaban J connectivity index is 2.09. The van der Waals surface area contributed by atoms with Crippen LogP contribution in [0.15, 0.2) is 78.9 Å². The maximum atomic E-state index is 13.6. The minimum atomic E-state index is -0.949. The Labute approximate surface area is 175 Å². The largest absolute Gasteiger partial charge is 0.497 e.